The number of aromatic nitrogens is 1. The summed E-state index contributed by atoms with van der Waals surface area (Å²) in [5.74, 6) is 0. The normalized spacial score (nSPS) is 16.6. The Kier molecular flexibility index (Phi) is 3.23. The maximum atomic E-state index is 11.1. The number of anilines is 1. The molecule has 2 heterocycles. The fourth-order valence-corrected chi connectivity index (χ4v) is 2.68. The van der Waals surface area contributed by atoms with Crippen LogP contribution in [-0.4, -0.2) is 34.2 Å². The molecule has 104 valence electrons. The van der Waals surface area contributed by atoms with E-state index in [1.165, 1.54) is 6.07 Å². The van der Waals surface area contributed by atoms with Crippen LogP contribution in [0.2, 0.25) is 0 Å². The Labute approximate surface area is 115 Å². The van der Waals surface area contributed by atoms with Gasteiger partial charge in [-0.25, -0.2) is 4.98 Å². The molecule has 0 unspecified atom stereocenters. The van der Waals surface area contributed by atoms with Crippen molar-refractivity contribution in [2.45, 2.75) is 18.9 Å². The van der Waals surface area contributed by atoms with E-state index in [0.29, 0.717) is 5.52 Å². The van der Waals surface area contributed by atoms with Gasteiger partial charge in [0, 0.05) is 36.4 Å². The second-order valence-corrected chi connectivity index (χ2v) is 4.98. The average molecular weight is 273 g/mol. The van der Waals surface area contributed by atoms with Gasteiger partial charge in [-0.15, -0.1) is 0 Å². The van der Waals surface area contributed by atoms with Crippen LogP contribution in [0.15, 0.2) is 30.5 Å². The molecule has 0 atom stereocenters. The number of para-hydroxylation sites is 1. The topological polar surface area (TPSA) is 79.5 Å². The molecule has 1 saturated heterocycles. The molecule has 3 rings (SSSR count). The number of nitro benzene ring substituents is 1. The van der Waals surface area contributed by atoms with Gasteiger partial charge in [0.1, 0.15) is 5.52 Å². The summed E-state index contributed by atoms with van der Waals surface area (Å²) < 4.78 is 0. The van der Waals surface area contributed by atoms with E-state index in [9.17, 15) is 15.2 Å². The predicted octanol–water partition coefficient (Wildman–Crippen LogP) is 2.10. The van der Waals surface area contributed by atoms with Crippen LogP contribution >= 0.6 is 0 Å². The summed E-state index contributed by atoms with van der Waals surface area (Å²) in [5, 5.41) is 21.4. The molecular weight excluding hydrogens is 258 g/mol. The van der Waals surface area contributed by atoms with Crippen molar-refractivity contribution >= 4 is 22.3 Å². The smallest absolute Gasteiger partial charge is 0.295 e. The third-order valence-electron chi connectivity index (χ3n) is 3.73. The molecule has 1 fully saturated rings. The second-order valence-electron chi connectivity index (χ2n) is 4.98. The van der Waals surface area contributed by atoms with Gasteiger partial charge >= 0.3 is 0 Å². The first-order valence-electron chi connectivity index (χ1n) is 6.62. The lowest BCUT2D eigenvalue weighted by molar-refractivity contribution is -0.383. The molecule has 0 radical (unpaired) electrons. The fourth-order valence-electron chi connectivity index (χ4n) is 2.68. The number of non-ortho nitro benzene ring substituents is 1. The number of aliphatic hydroxyl groups is 1. The molecule has 6 nitrogen and oxygen atoms in total. The van der Waals surface area contributed by atoms with E-state index in [1.54, 1.807) is 12.3 Å². The number of piperidine rings is 1. The van der Waals surface area contributed by atoms with E-state index in [-0.39, 0.29) is 11.8 Å². The summed E-state index contributed by atoms with van der Waals surface area (Å²) in [4.78, 5) is 17.0. The Balaban J connectivity index is 2.08. The quantitative estimate of drug-likeness (QED) is 0.669. The molecule has 1 aromatic carbocycles. The average Bonchev–Trinajstić information content (AvgIpc) is 2.47. The van der Waals surface area contributed by atoms with Crippen LogP contribution in [0.1, 0.15) is 12.8 Å². The van der Waals surface area contributed by atoms with Crippen LogP contribution in [0, 0.1) is 10.1 Å². The van der Waals surface area contributed by atoms with Gasteiger partial charge in [-0.1, -0.05) is 12.1 Å². The fraction of sp³-hybridized carbons (Fsp3) is 0.357. The maximum Gasteiger partial charge on any atom is 0.295 e. The SMILES string of the molecule is O=[N+]([O-])c1cccc2c(N3CCC(O)CC3)ccnc12. The number of nitro groups is 1. The summed E-state index contributed by atoms with van der Waals surface area (Å²) in [7, 11) is 0. The van der Waals surface area contributed by atoms with Gasteiger partial charge in [-0.3, -0.25) is 10.1 Å². The number of fused-ring (bicyclic) bond motifs is 1. The van der Waals surface area contributed by atoms with Crippen molar-refractivity contribution in [2.75, 3.05) is 18.0 Å². The zero-order valence-corrected chi connectivity index (χ0v) is 10.9. The zero-order valence-electron chi connectivity index (χ0n) is 10.9. The molecule has 0 bridgehead atoms. The van der Waals surface area contributed by atoms with Crippen LogP contribution in [0.25, 0.3) is 10.9 Å². The third kappa shape index (κ3) is 2.18. The number of hydrogen-bond acceptors (Lipinski definition) is 5. The summed E-state index contributed by atoms with van der Waals surface area (Å²) >= 11 is 0. The van der Waals surface area contributed by atoms with Crippen molar-refractivity contribution in [1.29, 1.82) is 0 Å². The third-order valence-corrected chi connectivity index (χ3v) is 3.73. The molecule has 1 aromatic heterocycles. The van der Waals surface area contributed by atoms with Crippen molar-refractivity contribution < 1.29 is 10.0 Å². The summed E-state index contributed by atoms with van der Waals surface area (Å²) in [6, 6.07) is 6.89. The number of aliphatic hydroxyl groups excluding tert-OH is 1. The highest BCUT2D eigenvalue weighted by Gasteiger charge is 2.21. The van der Waals surface area contributed by atoms with Gasteiger partial charge in [-0.2, -0.15) is 0 Å². The number of benzene rings is 1. The highest BCUT2D eigenvalue weighted by Crippen LogP contribution is 2.32. The number of nitrogens with zero attached hydrogens (tertiary/aromatic N) is 3. The summed E-state index contributed by atoms with van der Waals surface area (Å²) in [6.45, 7) is 1.51. The molecule has 0 amide bonds. The van der Waals surface area contributed by atoms with E-state index in [0.717, 1.165) is 37.0 Å². The largest absolute Gasteiger partial charge is 0.393 e. The van der Waals surface area contributed by atoms with Crippen LogP contribution < -0.4 is 4.90 Å². The molecule has 0 spiro atoms. The van der Waals surface area contributed by atoms with Crippen LogP contribution in [0.4, 0.5) is 11.4 Å². The van der Waals surface area contributed by atoms with Gasteiger partial charge < -0.3 is 10.0 Å². The number of hydrogen-bond donors (Lipinski definition) is 1. The van der Waals surface area contributed by atoms with Crippen LogP contribution in [0.5, 0.6) is 0 Å². The highest BCUT2D eigenvalue weighted by atomic mass is 16.6. The zero-order chi connectivity index (χ0) is 14.1. The van der Waals surface area contributed by atoms with Crippen molar-refractivity contribution in [1.82, 2.24) is 4.98 Å². The van der Waals surface area contributed by atoms with Crippen molar-refractivity contribution in [3.8, 4) is 0 Å². The minimum Gasteiger partial charge on any atom is -0.393 e. The number of rotatable bonds is 2. The Morgan fingerprint density at radius 1 is 1.30 bits per heavy atom. The second kappa shape index (κ2) is 5.05. The Morgan fingerprint density at radius 3 is 2.75 bits per heavy atom. The highest BCUT2D eigenvalue weighted by molar-refractivity contribution is 5.96. The van der Waals surface area contributed by atoms with Gasteiger partial charge in [-0.05, 0) is 18.9 Å². The lowest BCUT2D eigenvalue weighted by atomic mass is 10.1. The van der Waals surface area contributed by atoms with E-state index in [2.05, 4.69) is 9.88 Å². The van der Waals surface area contributed by atoms with Gasteiger partial charge in [0.2, 0.25) is 0 Å². The molecule has 0 aliphatic carbocycles. The van der Waals surface area contributed by atoms with Gasteiger partial charge in [0.15, 0.2) is 0 Å². The first kappa shape index (κ1) is 12.8. The number of pyridine rings is 1. The van der Waals surface area contributed by atoms with Crippen molar-refractivity contribution in [3.05, 3.63) is 40.6 Å². The minimum absolute atomic E-state index is 0.0291. The van der Waals surface area contributed by atoms with Gasteiger partial charge in [0.25, 0.3) is 5.69 Å². The Bertz CT molecular complexity index is 651. The molecule has 2 aromatic rings. The van der Waals surface area contributed by atoms with Crippen LogP contribution in [0.3, 0.4) is 0 Å². The molecular formula is C14H15N3O3. The molecule has 0 saturated carbocycles. The standard InChI is InChI=1S/C14H15N3O3/c18-10-5-8-16(9-6-10)12-4-7-15-14-11(12)2-1-3-13(14)17(19)20/h1-4,7,10,18H,5-6,8-9H2. The molecule has 1 aliphatic heterocycles. The van der Waals surface area contributed by atoms with Crippen molar-refractivity contribution in [3.63, 3.8) is 0 Å². The first-order chi connectivity index (χ1) is 9.66. The lowest BCUT2D eigenvalue weighted by Gasteiger charge is -2.32. The molecule has 20 heavy (non-hydrogen) atoms. The van der Waals surface area contributed by atoms with Gasteiger partial charge in [0.05, 0.1) is 11.0 Å². The van der Waals surface area contributed by atoms with Crippen LogP contribution in [-0.2, 0) is 0 Å². The molecule has 6 heteroatoms. The van der Waals surface area contributed by atoms with E-state index in [4.69, 9.17) is 0 Å². The minimum atomic E-state index is -0.404. The summed E-state index contributed by atoms with van der Waals surface area (Å²) in [5.41, 5.74) is 1.40. The predicted molar refractivity (Wildman–Crippen MR) is 75.9 cm³/mol. The first-order valence-corrected chi connectivity index (χ1v) is 6.62. The summed E-state index contributed by atoms with van der Waals surface area (Å²) in [6.07, 6.45) is 2.81. The van der Waals surface area contributed by atoms with Crippen molar-refractivity contribution in [2.24, 2.45) is 0 Å². The monoisotopic (exact) mass is 273 g/mol. The van der Waals surface area contributed by atoms with E-state index in [1.807, 2.05) is 12.1 Å². The maximum absolute atomic E-state index is 11.1. The lowest BCUT2D eigenvalue weighted by Crippen LogP contribution is -2.35. The van der Waals surface area contributed by atoms with E-state index >= 15 is 0 Å². The molecule has 1 N–H and O–H groups in total. The Hall–Kier alpha value is -2.21. The van der Waals surface area contributed by atoms with E-state index < -0.39 is 4.92 Å². The molecule has 1 aliphatic rings. The Morgan fingerprint density at radius 2 is 2.05 bits per heavy atom.